The van der Waals surface area contributed by atoms with Crippen LogP contribution in [-0.4, -0.2) is 23.2 Å². The molecule has 0 saturated heterocycles. The van der Waals surface area contributed by atoms with Crippen LogP contribution in [0.2, 0.25) is 0 Å². The molecule has 0 saturated carbocycles. The molecule has 0 aliphatic carbocycles. The van der Waals surface area contributed by atoms with Crippen LogP contribution >= 0.6 is 0 Å². The van der Waals surface area contributed by atoms with Gasteiger partial charge in [-0.25, -0.2) is 18.6 Å². The number of benzene rings is 2. The van der Waals surface area contributed by atoms with Gasteiger partial charge in [-0.1, -0.05) is 12.1 Å². The van der Waals surface area contributed by atoms with Gasteiger partial charge in [-0.15, -0.1) is 0 Å². The second-order valence-corrected chi connectivity index (χ2v) is 5.63. The quantitative estimate of drug-likeness (QED) is 0.580. The Kier molecular flexibility index (Phi) is 3.57. The highest BCUT2D eigenvalue weighted by atomic mass is 19.1. The number of para-hydroxylation sites is 1. The summed E-state index contributed by atoms with van der Waals surface area (Å²) in [6, 6.07) is 9.77. The molecule has 0 amide bonds. The zero-order valence-corrected chi connectivity index (χ0v) is 13.4. The Bertz CT molecular complexity index is 1180. The summed E-state index contributed by atoms with van der Waals surface area (Å²) in [5.74, 6) is -2.39. The molecule has 0 atom stereocenters. The maximum atomic E-state index is 14.2. The summed E-state index contributed by atoms with van der Waals surface area (Å²) >= 11 is 0. The lowest BCUT2D eigenvalue weighted by Gasteiger charge is -2.06. The Morgan fingerprint density at radius 2 is 2.00 bits per heavy atom. The lowest BCUT2D eigenvalue weighted by Crippen LogP contribution is -2.02. The first kappa shape index (κ1) is 16.0. The van der Waals surface area contributed by atoms with Crippen molar-refractivity contribution in [1.29, 1.82) is 0 Å². The number of fused-ring (bicyclic) bond motifs is 2. The van der Waals surface area contributed by atoms with E-state index in [-0.39, 0.29) is 27.9 Å². The summed E-state index contributed by atoms with van der Waals surface area (Å²) in [5, 5.41) is 10.0. The number of rotatable bonds is 3. The number of pyridine rings is 1. The average molecular weight is 355 g/mol. The van der Waals surface area contributed by atoms with Crippen molar-refractivity contribution >= 4 is 27.8 Å². The maximum Gasteiger partial charge on any atom is 0.336 e. The summed E-state index contributed by atoms with van der Waals surface area (Å²) in [6.07, 6.45) is 0. The summed E-state index contributed by atoms with van der Waals surface area (Å²) in [7, 11) is 1.50. The molecule has 7 heteroatoms. The number of hydrogen-bond donors (Lipinski definition) is 1. The number of hydrogen-bond acceptors (Lipinski definition) is 4. The van der Waals surface area contributed by atoms with Crippen LogP contribution in [0.3, 0.4) is 0 Å². The van der Waals surface area contributed by atoms with Gasteiger partial charge in [0, 0.05) is 16.8 Å². The Balaban J connectivity index is 2.02. The van der Waals surface area contributed by atoms with Crippen molar-refractivity contribution in [2.24, 2.45) is 0 Å². The number of methoxy groups -OCH3 is 1. The lowest BCUT2D eigenvalue weighted by molar-refractivity contribution is 0.0699. The van der Waals surface area contributed by atoms with Crippen LogP contribution in [0.1, 0.15) is 10.4 Å². The second-order valence-electron chi connectivity index (χ2n) is 5.63. The van der Waals surface area contributed by atoms with E-state index in [0.717, 1.165) is 11.5 Å². The van der Waals surface area contributed by atoms with Gasteiger partial charge in [0.25, 0.3) is 0 Å². The molecule has 2 aromatic heterocycles. The topological polar surface area (TPSA) is 72.6 Å². The molecular weight excluding hydrogens is 344 g/mol. The molecule has 4 rings (SSSR count). The zero-order chi connectivity index (χ0) is 18.4. The standard InChI is InChI=1S/C19H11F2NO4/c1-25-15-4-2-3-9-5-16(26-18(9)15)14-8-12(19(23)24)11-6-10(20)7-13(21)17(11)22-14/h2-8H,1H3,(H,23,24). The number of furan rings is 1. The fourth-order valence-electron chi connectivity index (χ4n) is 2.88. The number of aromatic nitrogens is 1. The molecule has 0 fully saturated rings. The fraction of sp³-hybridized carbons (Fsp3) is 0.0526. The number of aromatic carboxylic acids is 1. The normalized spacial score (nSPS) is 11.2. The minimum absolute atomic E-state index is 0.118. The van der Waals surface area contributed by atoms with Gasteiger partial charge in [0.05, 0.1) is 12.7 Å². The van der Waals surface area contributed by atoms with Gasteiger partial charge in [0.15, 0.2) is 22.9 Å². The van der Waals surface area contributed by atoms with Crippen molar-refractivity contribution in [3.05, 3.63) is 59.7 Å². The molecule has 26 heavy (non-hydrogen) atoms. The predicted octanol–water partition coefficient (Wildman–Crippen LogP) is 4.63. The van der Waals surface area contributed by atoms with E-state index < -0.39 is 17.6 Å². The van der Waals surface area contributed by atoms with E-state index in [2.05, 4.69) is 4.98 Å². The first-order valence-electron chi connectivity index (χ1n) is 7.58. The Labute approximate surface area is 145 Å². The summed E-state index contributed by atoms with van der Waals surface area (Å²) < 4.78 is 38.6. The summed E-state index contributed by atoms with van der Waals surface area (Å²) in [6.45, 7) is 0. The van der Waals surface area contributed by atoms with Crippen LogP contribution < -0.4 is 4.74 Å². The average Bonchev–Trinajstić information content (AvgIpc) is 3.05. The molecule has 0 aliphatic rings. The maximum absolute atomic E-state index is 14.2. The van der Waals surface area contributed by atoms with Crippen molar-refractivity contribution < 1.29 is 27.8 Å². The van der Waals surface area contributed by atoms with E-state index in [1.165, 1.54) is 13.2 Å². The van der Waals surface area contributed by atoms with Crippen molar-refractivity contribution in [2.45, 2.75) is 0 Å². The molecule has 0 radical (unpaired) electrons. The van der Waals surface area contributed by atoms with Crippen LogP contribution in [0.4, 0.5) is 8.78 Å². The number of ether oxygens (including phenoxy) is 1. The largest absolute Gasteiger partial charge is 0.493 e. The van der Waals surface area contributed by atoms with Gasteiger partial charge in [0.1, 0.15) is 17.0 Å². The Morgan fingerprint density at radius 1 is 1.19 bits per heavy atom. The number of nitrogens with zero attached hydrogens (tertiary/aromatic N) is 1. The van der Waals surface area contributed by atoms with E-state index in [9.17, 15) is 18.7 Å². The highest BCUT2D eigenvalue weighted by Gasteiger charge is 2.19. The minimum atomic E-state index is -1.32. The molecule has 130 valence electrons. The van der Waals surface area contributed by atoms with Crippen molar-refractivity contribution in [3.63, 3.8) is 0 Å². The van der Waals surface area contributed by atoms with Crippen molar-refractivity contribution in [1.82, 2.24) is 4.98 Å². The van der Waals surface area contributed by atoms with Gasteiger partial charge in [-0.3, -0.25) is 0 Å². The third-order valence-electron chi connectivity index (χ3n) is 4.04. The van der Waals surface area contributed by atoms with E-state index in [1.54, 1.807) is 24.3 Å². The van der Waals surface area contributed by atoms with E-state index in [4.69, 9.17) is 9.15 Å². The van der Waals surface area contributed by atoms with Gasteiger partial charge in [0.2, 0.25) is 0 Å². The molecule has 0 aliphatic heterocycles. The van der Waals surface area contributed by atoms with E-state index in [1.807, 2.05) is 0 Å². The van der Waals surface area contributed by atoms with Gasteiger partial charge < -0.3 is 14.3 Å². The van der Waals surface area contributed by atoms with Gasteiger partial charge in [-0.2, -0.15) is 0 Å². The minimum Gasteiger partial charge on any atom is -0.493 e. The molecule has 2 heterocycles. The van der Waals surface area contributed by atoms with Crippen molar-refractivity contribution in [2.75, 3.05) is 7.11 Å². The highest BCUT2D eigenvalue weighted by molar-refractivity contribution is 6.04. The molecule has 5 nitrogen and oxygen atoms in total. The summed E-state index contributed by atoms with van der Waals surface area (Å²) in [5.41, 5.74) is 0.0755. The SMILES string of the molecule is COc1cccc2cc(-c3cc(C(=O)O)c4cc(F)cc(F)c4n3)oc12. The molecule has 1 N–H and O–H groups in total. The van der Waals surface area contributed by atoms with Crippen LogP contribution in [0, 0.1) is 11.6 Å². The Morgan fingerprint density at radius 3 is 2.73 bits per heavy atom. The van der Waals surface area contributed by atoms with Crippen LogP contribution in [0.5, 0.6) is 5.75 Å². The number of carbonyl (C=O) groups is 1. The van der Waals surface area contributed by atoms with Gasteiger partial charge >= 0.3 is 5.97 Å². The highest BCUT2D eigenvalue weighted by Crippen LogP contribution is 2.34. The van der Waals surface area contributed by atoms with Crippen LogP contribution in [0.25, 0.3) is 33.3 Å². The number of carboxylic acids is 1. The third kappa shape index (κ3) is 2.45. The number of carboxylic acid groups (broad SMARTS) is 1. The monoisotopic (exact) mass is 355 g/mol. The summed E-state index contributed by atoms with van der Waals surface area (Å²) in [4.78, 5) is 15.7. The first-order valence-corrected chi connectivity index (χ1v) is 7.58. The molecular formula is C19H11F2NO4. The second kappa shape index (κ2) is 5.80. The molecule has 0 unspecified atom stereocenters. The van der Waals surface area contributed by atoms with Crippen LogP contribution in [-0.2, 0) is 0 Å². The number of halogens is 2. The molecule has 0 bridgehead atoms. The molecule has 4 aromatic rings. The third-order valence-corrected chi connectivity index (χ3v) is 4.04. The molecule has 0 spiro atoms. The zero-order valence-electron chi connectivity index (χ0n) is 13.4. The fourth-order valence-corrected chi connectivity index (χ4v) is 2.88. The smallest absolute Gasteiger partial charge is 0.336 e. The Hall–Kier alpha value is -3.48. The lowest BCUT2D eigenvalue weighted by atomic mass is 10.1. The van der Waals surface area contributed by atoms with Crippen molar-refractivity contribution in [3.8, 4) is 17.2 Å². The molecule has 2 aromatic carbocycles. The van der Waals surface area contributed by atoms with E-state index in [0.29, 0.717) is 17.4 Å². The van der Waals surface area contributed by atoms with E-state index >= 15 is 0 Å². The first-order chi connectivity index (χ1) is 12.5. The predicted molar refractivity (Wildman–Crippen MR) is 90.4 cm³/mol. The van der Waals surface area contributed by atoms with Crippen LogP contribution in [0.15, 0.2) is 46.9 Å². The van der Waals surface area contributed by atoms with Gasteiger partial charge in [-0.05, 0) is 24.3 Å².